The third-order valence-electron chi connectivity index (χ3n) is 7.04. The lowest BCUT2D eigenvalue weighted by atomic mass is 9.97. The first-order valence-electron chi connectivity index (χ1n) is 11.3. The van der Waals surface area contributed by atoms with Crippen molar-refractivity contribution in [1.29, 1.82) is 0 Å². The molecule has 1 saturated heterocycles. The fourth-order valence-electron chi connectivity index (χ4n) is 5.34. The van der Waals surface area contributed by atoms with Gasteiger partial charge in [-0.3, -0.25) is 14.5 Å². The van der Waals surface area contributed by atoms with Crippen molar-refractivity contribution in [3.05, 3.63) is 59.2 Å². The first-order chi connectivity index (χ1) is 15.1. The predicted molar refractivity (Wildman–Crippen MR) is 126 cm³/mol. The molecule has 2 fully saturated rings. The average Bonchev–Trinajstić information content (AvgIpc) is 3.46. The minimum Gasteiger partial charge on any atom is -0.457 e. The van der Waals surface area contributed by atoms with Crippen molar-refractivity contribution in [1.82, 2.24) is 9.80 Å². The quantitative estimate of drug-likeness (QED) is 0.738. The van der Waals surface area contributed by atoms with E-state index in [4.69, 9.17) is 10.5 Å². The lowest BCUT2D eigenvalue weighted by Crippen LogP contribution is -2.46. The van der Waals surface area contributed by atoms with Crippen LogP contribution >= 0.6 is 12.4 Å². The molecule has 3 aliphatic rings. The Balaban J connectivity index is 0.00000245. The zero-order valence-corrected chi connectivity index (χ0v) is 19.0. The molecular formula is C25H30ClN3O3. The number of hydrogen-bond acceptors (Lipinski definition) is 4. The third-order valence-corrected chi connectivity index (χ3v) is 7.04. The molecule has 0 radical (unpaired) electrons. The molecule has 2 aliphatic heterocycles. The molecule has 5 rings (SSSR count). The van der Waals surface area contributed by atoms with Crippen molar-refractivity contribution in [3.8, 4) is 11.5 Å². The summed E-state index contributed by atoms with van der Waals surface area (Å²) in [6.45, 7) is 2.91. The van der Waals surface area contributed by atoms with Gasteiger partial charge in [0.05, 0.1) is 0 Å². The van der Waals surface area contributed by atoms with Gasteiger partial charge in [-0.2, -0.15) is 0 Å². The molecule has 1 unspecified atom stereocenters. The number of benzene rings is 2. The van der Waals surface area contributed by atoms with E-state index in [1.807, 2.05) is 18.2 Å². The summed E-state index contributed by atoms with van der Waals surface area (Å²) in [5, 5.41) is 0. The number of carbonyl (C=O) groups is 2. The Morgan fingerprint density at radius 1 is 0.938 bits per heavy atom. The number of hydrogen-bond donors (Lipinski definition) is 1. The summed E-state index contributed by atoms with van der Waals surface area (Å²) >= 11 is 0. The molecule has 2 N–H and O–H groups in total. The van der Waals surface area contributed by atoms with Crippen molar-refractivity contribution in [2.75, 3.05) is 19.6 Å². The van der Waals surface area contributed by atoms with E-state index in [0.29, 0.717) is 23.1 Å². The molecule has 0 spiro atoms. The smallest absolute Gasteiger partial charge is 0.254 e. The highest BCUT2D eigenvalue weighted by Gasteiger charge is 2.36. The van der Waals surface area contributed by atoms with Gasteiger partial charge in [0.2, 0.25) is 5.91 Å². The maximum Gasteiger partial charge on any atom is 0.254 e. The van der Waals surface area contributed by atoms with Gasteiger partial charge in [0.25, 0.3) is 5.91 Å². The molecule has 1 aliphatic carbocycles. The highest BCUT2D eigenvalue weighted by Crippen LogP contribution is 2.32. The minimum atomic E-state index is -0.461. The van der Waals surface area contributed by atoms with Crippen LogP contribution in [0.1, 0.15) is 58.4 Å². The van der Waals surface area contributed by atoms with Crippen molar-refractivity contribution in [3.63, 3.8) is 0 Å². The lowest BCUT2D eigenvalue weighted by molar-refractivity contribution is 0.0658. The summed E-state index contributed by atoms with van der Waals surface area (Å²) in [4.78, 5) is 29.1. The van der Waals surface area contributed by atoms with E-state index in [9.17, 15) is 9.59 Å². The normalized spacial score (nSPS) is 21.3. The molecule has 0 aromatic heterocycles. The Morgan fingerprint density at radius 2 is 1.66 bits per heavy atom. The highest BCUT2D eigenvalue weighted by molar-refractivity contribution is 5.97. The fourth-order valence-corrected chi connectivity index (χ4v) is 5.34. The van der Waals surface area contributed by atoms with Gasteiger partial charge in [-0.15, -0.1) is 12.4 Å². The van der Waals surface area contributed by atoms with Crippen LogP contribution < -0.4 is 10.5 Å². The van der Waals surface area contributed by atoms with Crippen LogP contribution in [0.15, 0.2) is 42.5 Å². The molecule has 2 aromatic carbocycles. The van der Waals surface area contributed by atoms with Crippen LogP contribution in [-0.4, -0.2) is 53.3 Å². The monoisotopic (exact) mass is 455 g/mol. The van der Waals surface area contributed by atoms with Gasteiger partial charge in [0.15, 0.2) is 0 Å². The number of nitrogens with zero attached hydrogens (tertiary/aromatic N) is 2. The van der Waals surface area contributed by atoms with Crippen LogP contribution in [0, 0.1) is 0 Å². The fraction of sp³-hybridized carbons (Fsp3) is 0.440. The summed E-state index contributed by atoms with van der Waals surface area (Å²) in [6.07, 6.45) is 7.26. The average molecular weight is 456 g/mol. The number of ether oxygens (including phenoxy) is 1. The number of fused-ring (bicyclic) bond motifs is 1. The van der Waals surface area contributed by atoms with Crippen molar-refractivity contribution in [2.24, 2.45) is 5.73 Å². The molecule has 1 atom stereocenters. The molecule has 7 heteroatoms. The van der Waals surface area contributed by atoms with E-state index in [-0.39, 0.29) is 18.3 Å². The summed E-state index contributed by atoms with van der Waals surface area (Å²) in [7, 11) is 0. The zero-order valence-electron chi connectivity index (χ0n) is 18.2. The summed E-state index contributed by atoms with van der Waals surface area (Å²) in [6, 6.07) is 13.5. The second-order valence-electron chi connectivity index (χ2n) is 8.93. The third kappa shape index (κ3) is 4.48. The molecule has 2 amide bonds. The van der Waals surface area contributed by atoms with E-state index in [1.54, 1.807) is 24.3 Å². The van der Waals surface area contributed by atoms with Gasteiger partial charge in [-0.25, -0.2) is 0 Å². The molecule has 2 heterocycles. The van der Waals surface area contributed by atoms with Gasteiger partial charge in [0, 0.05) is 42.8 Å². The number of carbonyl (C=O) groups excluding carboxylic acids is 2. The van der Waals surface area contributed by atoms with Crippen molar-refractivity contribution in [2.45, 2.75) is 50.6 Å². The number of rotatable bonds is 5. The number of amides is 2. The summed E-state index contributed by atoms with van der Waals surface area (Å²) in [5.74, 6) is 1.01. The Hall–Kier alpha value is -2.57. The van der Waals surface area contributed by atoms with Gasteiger partial charge < -0.3 is 15.4 Å². The molecule has 170 valence electrons. The molecule has 6 nitrogen and oxygen atoms in total. The van der Waals surface area contributed by atoms with Crippen LogP contribution in [0.2, 0.25) is 0 Å². The molecular weight excluding hydrogens is 426 g/mol. The van der Waals surface area contributed by atoms with Crippen LogP contribution in [0.5, 0.6) is 11.5 Å². The first-order valence-corrected chi connectivity index (χ1v) is 11.3. The van der Waals surface area contributed by atoms with Gasteiger partial charge >= 0.3 is 0 Å². The Kier molecular flexibility index (Phi) is 6.72. The van der Waals surface area contributed by atoms with E-state index >= 15 is 0 Å². The van der Waals surface area contributed by atoms with E-state index in [2.05, 4.69) is 9.80 Å². The molecule has 2 aromatic rings. The largest absolute Gasteiger partial charge is 0.457 e. The number of primary amides is 1. The van der Waals surface area contributed by atoms with E-state index in [0.717, 1.165) is 49.6 Å². The van der Waals surface area contributed by atoms with Crippen molar-refractivity contribution < 1.29 is 14.3 Å². The Labute approximate surface area is 195 Å². The van der Waals surface area contributed by atoms with Gasteiger partial charge in [-0.1, -0.05) is 12.8 Å². The van der Waals surface area contributed by atoms with Gasteiger partial charge in [-0.05, 0) is 73.7 Å². The predicted octanol–water partition coefficient (Wildman–Crippen LogP) is 4.01. The second-order valence-corrected chi connectivity index (χ2v) is 8.93. The molecule has 1 saturated carbocycles. The Bertz CT molecular complexity index is 988. The molecule has 0 bridgehead atoms. The van der Waals surface area contributed by atoms with Crippen LogP contribution in [-0.2, 0) is 6.42 Å². The zero-order chi connectivity index (χ0) is 21.4. The number of likely N-dealkylation sites (tertiary alicyclic amines) is 1. The lowest BCUT2D eigenvalue weighted by Gasteiger charge is -2.34. The van der Waals surface area contributed by atoms with Crippen molar-refractivity contribution >= 4 is 24.2 Å². The topological polar surface area (TPSA) is 75.9 Å². The summed E-state index contributed by atoms with van der Waals surface area (Å²) < 4.78 is 5.93. The van der Waals surface area contributed by atoms with Crippen LogP contribution in [0.3, 0.4) is 0 Å². The van der Waals surface area contributed by atoms with Crippen LogP contribution in [0.4, 0.5) is 0 Å². The Morgan fingerprint density at radius 3 is 2.38 bits per heavy atom. The van der Waals surface area contributed by atoms with E-state index < -0.39 is 5.91 Å². The first kappa shape index (κ1) is 22.6. The number of nitrogens with two attached hydrogens (primary N) is 1. The molecule has 32 heavy (non-hydrogen) atoms. The number of halogens is 1. The highest BCUT2D eigenvalue weighted by atomic mass is 35.5. The standard InChI is InChI=1S/C25H29N3O3.ClH/c26-24(29)17-5-7-21(8-6-17)31-22-9-10-23-18(15-22)11-14-28(25(23)30)20-12-13-27(16-20)19-3-1-2-4-19;/h5-10,15,19-20H,1-4,11-14,16H2,(H2,26,29);1H. The van der Waals surface area contributed by atoms with Gasteiger partial charge in [0.1, 0.15) is 11.5 Å². The maximum atomic E-state index is 13.2. The van der Waals surface area contributed by atoms with E-state index in [1.165, 1.54) is 25.7 Å². The maximum absolute atomic E-state index is 13.2. The summed E-state index contributed by atoms with van der Waals surface area (Å²) in [5.41, 5.74) is 7.56. The SMILES string of the molecule is Cl.NC(=O)c1ccc(Oc2ccc3c(c2)CCN(C2CCN(C4CCCC4)C2)C3=O)cc1. The minimum absolute atomic E-state index is 0. The van der Waals surface area contributed by atoms with Crippen LogP contribution in [0.25, 0.3) is 0 Å². The second kappa shape index (κ2) is 9.51.